The second-order valence-electron chi connectivity index (χ2n) is 3.90. The molecule has 0 saturated heterocycles. The molecule has 1 rings (SSSR count). The van der Waals surface area contributed by atoms with Gasteiger partial charge in [-0.15, -0.1) is 0 Å². The molecule has 2 nitrogen and oxygen atoms in total. The summed E-state index contributed by atoms with van der Waals surface area (Å²) in [4.78, 5) is 0. The van der Waals surface area contributed by atoms with Crippen molar-refractivity contribution in [2.75, 3.05) is 13.7 Å². The second-order valence-corrected chi connectivity index (χ2v) is 3.90. The summed E-state index contributed by atoms with van der Waals surface area (Å²) >= 11 is 0. The highest BCUT2D eigenvalue weighted by molar-refractivity contribution is 5.41. The molecule has 0 aliphatic carbocycles. The van der Waals surface area contributed by atoms with Gasteiger partial charge in [0.1, 0.15) is 12.4 Å². The lowest BCUT2D eigenvalue weighted by molar-refractivity contribution is -0.139. The van der Waals surface area contributed by atoms with Crippen LogP contribution in [0.1, 0.15) is 25.0 Å². The normalized spacial score (nSPS) is 13.4. The van der Waals surface area contributed by atoms with Crippen LogP contribution in [0.2, 0.25) is 0 Å². The van der Waals surface area contributed by atoms with E-state index >= 15 is 0 Å². The highest BCUT2D eigenvalue weighted by Gasteiger charge is 2.34. The number of ether oxygens (including phenoxy) is 2. The fraction of sp³-hybridized carbons (Fsp3) is 0.462. The Morgan fingerprint density at radius 1 is 1.33 bits per heavy atom. The van der Waals surface area contributed by atoms with Crippen LogP contribution in [0.5, 0.6) is 5.75 Å². The van der Waals surface area contributed by atoms with Crippen molar-refractivity contribution in [1.82, 2.24) is 0 Å². The van der Waals surface area contributed by atoms with E-state index < -0.39 is 11.7 Å². The number of alkyl halides is 3. The Balaban J connectivity index is 2.96. The van der Waals surface area contributed by atoms with Gasteiger partial charge in [0.05, 0.1) is 11.7 Å². The number of hydrogen-bond donors (Lipinski definition) is 0. The molecule has 0 fully saturated rings. The largest absolute Gasteiger partial charge is 0.490 e. The van der Waals surface area contributed by atoms with Crippen molar-refractivity contribution in [1.29, 1.82) is 0 Å². The predicted octanol–water partition coefficient (Wildman–Crippen LogP) is 3.69. The maximum Gasteiger partial charge on any atom is 0.419 e. The number of benzene rings is 1. The summed E-state index contributed by atoms with van der Waals surface area (Å²) in [7, 11) is 1.48. The average Bonchev–Trinajstić information content (AvgIpc) is 2.34. The zero-order valence-corrected chi connectivity index (χ0v) is 10.5. The van der Waals surface area contributed by atoms with Crippen molar-refractivity contribution in [2.24, 2.45) is 0 Å². The quantitative estimate of drug-likeness (QED) is 0.804. The van der Waals surface area contributed by atoms with E-state index in [1.807, 2.05) is 0 Å². The third-order valence-corrected chi connectivity index (χ3v) is 2.52. The molecule has 1 aromatic carbocycles. The lowest BCUT2D eigenvalue weighted by atomic mass is 10.1. The highest BCUT2D eigenvalue weighted by Crippen LogP contribution is 2.37. The van der Waals surface area contributed by atoms with Crippen molar-refractivity contribution >= 4 is 0 Å². The molecule has 1 aromatic rings. The van der Waals surface area contributed by atoms with Gasteiger partial charge in [-0.05, 0) is 31.0 Å². The van der Waals surface area contributed by atoms with Gasteiger partial charge in [0, 0.05) is 7.11 Å². The van der Waals surface area contributed by atoms with Crippen molar-refractivity contribution in [3.63, 3.8) is 0 Å². The number of hydrogen-bond acceptors (Lipinski definition) is 2. The minimum absolute atomic E-state index is 0.0781. The summed E-state index contributed by atoms with van der Waals surface area (Å²) in [5, 5.41) is 0. The molecule has 0 unspecified atom stereocenters. The Labute approximate surface area is 105 Å². The fourth-order valence-electron chi connectivity index (χ4n) is 1.35. The van der Waals surface area contributed by atoms with E-state index in [9.17, 15) is 13.2 Å². The molecule has 0 N–H and O–H groups in total. The molecule has 101 valence electrons. The van der Waals surface area contributed by atoms with Gasteiger partial charge in [0.25, 0.3) is 0 Å². The second kappa shape index (κ2) is 6.09. The minimum Gasteiger partial charge on any atom is -0.490 e. The summed E-state index contributed by atoms with van der Waals surface area (Å²) in [6, 6.07) is 4.00. The molecule has 18 heavy (non-hydrogen) atoms. The van der Waals surface area contributed by atoms with Crippen LogP contribution >= 0.6 is 0 Å². The number of halogens is 3. The molecule has 0 heterocycles. The van der Waals surface area contributed by atoms with Gasteiger partial charge in [0.15, 0.2) is 0 Å². The zero-order valence-electron chi connectivity index (χ0n) is 10.5. The van der Waals surface area contributed by atoms with E-state index in [0.717, 1.165) is 6.07 Å². The van der Waals surface area contributed by atoms with E-state index in [-0.39, 0.29) is 18.5 Å². The molecule has 0 bridgehead atoms. The lowest BCUT2D eigenvalue weighted by Gasteiger charge is -2.17. The van der Waals surface area contributed by atoms with Crippen LogP contribution in [0, 0.1) is 6.42 Å². The summed E-state index contributed by atoms with van der Waals surface area (Å²) < 4.78 is 48.6. The van der Waals surface area contributed by atoms with Crippen molar-refractivity contribution < 1.29 is 22.6 Å². The van der Waals surface area contributed by atoms with Gasteiger partial charge in [-0.1, -0.05) is 13.0 Å². The first kappa shape index (κ1) is 14.8. The lowest BCUT2D eigenvalue weighted by Crippen LogP contribution is -2.18. The Kier molecular flexibility index (Phi) is 5.02. The van der Waals surface area contributed by atoms with E-state index in [2.05, 4.69) is 0 Å². The van der Waals surface area contributed by atoms with E-state index in [4.69, 9.17) is 9.47 Å². The Morgan fingerprint density at radius 2 is 2.00 bits per heavy atom. The molecular formula is C13H16F3O2. The van der Waals surface area contributed by atoms with Crippen molar-refractivity contribution in [3.05, 3.63) is 35.7 Å². The molecule has 1 radical (unpaired) electrons. The van der Waals surface area contributed by atoms with Gasteiger partial charge in [0.2, 0.25) is 0 Å². The molecular weight excluding hydrogens is 245 g/mol. The van der Waals surface area contributed by atoms with Crippen molar-refractivity contribution in [3.8, 4) is 5.75 Å². The topological polar surface area (TPSA) is 18.5 Å². The van der Waals surface area contributed by atoms with Gasteiger partial charge < -0.3 is 9.47 Å². The highest BCUT2D eigenvalue weighted by atomic mass is 19.4. The third kappa shape index (κ3) is 3.91. The monoisotopic (exact) mass is 261 g/mol. The summed E-state index contributed by atoms with van der Waals surface area (Å²) in [5.74, 6) is -0.169. The van der Waals surface area contributed by atoms with Crippen LogP contribution in [0.3, 0.4) is 0 Å². The molecule has 0 aliphatic heterocycles. The third-order valence-electron chi connectivity index (χ3n) is 2.52. The van der Waals surface area contributed by atoms with Gasteiger partial charge in [-0.25, -0.2) is 0 Å². The molecule has 5 heteroatoms. The van der Waals surface area contributed by atoms with Crippen molar-refractivity contribution in [2.45, 2.75) is 26.1 Å². The van der Waals surface area contributed by atoms with Gasteiger partial charge >= 0.3 is 6.18 Å². The Morgan fingerprint density at radius 3 is 2.50 bits per heavy atom. The first-order valence-corrected chi connectivity index (χ1v) is 5.54. The van der Waals surface area contributed by atoms with Crippen LogP contribution in [-0.2, 0) is 10.9 Å². The number of rotatable bonds is 5. The van der Waals surface area contributed by atoms with Crippen LogP contribution in [-0.4, -0.2) is 19.8 Å². The molecule has 0 aliphatic rings. The van der Waals surface area contributed by atoms with E-state index in [1.54, 1.807) is 26.3 Å². The zero-order chi connectivity index (χ0) is 13.8. The van der Waals surface area contributed by atoms with Gasteiger partial charge in [-0.2, -0.15) is 13.2 Å². The van der Waals surface area contributed by atoms with Crippen LogP contribution in [0.15, 0.2) is 18.2 Å². The molecule has 0 aromatic heterocycles. The molecule has 0 spiro atoms. The van der Waals surface area contributed by atoms with Crippen LogP contribution < -0.4 is 4.74 Å². The Bertz CT molecular complexity index is 388. The first-order chi connectivity index (χ1) is 8.38. The maximum atomic E-state index is 12.8. The fourth-order valence-corrected chi connectivity index (χ4v) is 1.35. The Hall–Kier alpha value is -1.23. The summed E-state index contributed by atoms with van der Waals surface area (Å²) in [5.41, 5.74) is -0.254. The summed E-state index contributed by atoms with van der Waals surface area (Å²) in [6.07, 6.45) is -3.08. The van der Waals surface area contributed by atoms with Gasteiger partial charge in [-0.3, -0.25) is 0 Å². The maximum absolute atomic E-state index is 12.8. The summed E-state index contributed by atoms with van der Waals surface area (Å²) in [6.45, 7) is 3.49. The van der Waals surface area contributed by atoms with E-state index in [1.165, 1.54) is 13.2 Å². The standard InChI is InChI=1S/C13H16F3O2/c1-4-10-5-6-12(18-8-9(2)17-3)11(7-10)13(14,15)16/h4-7,9H,8H2,1-3H3/t9-/m0/s1. The minimum atomic E-state index is -4.43. The molecule has 1 atom stereocenters. The van der Waals surface area contributed by atoms with E-state index in [0.29, 0.717) is 5.56 Å². The molecule has 0 saturated carbocycles. The number of methoxy groups -OCH3 is 1. The predicted molar refractivity (Wildman–Crippen MR) is 62.5 cm³/mol. The smallest absolute Gasteiger partial charge is 0.419 e. The average molecular weight is 261 g/mol. The SMILES string of the molecule is C[CH]c1ccc(OC[C@H](C)OC)c(C(F)(F)F)c1. The first-order valence-electron chi connectivity index (χ1n) is 5.54. The van der Waals surface area contributed by atoms with Crippen LogP contribution in [0.25, 0.3) is 0 Å². The molecule has 0 amide bonds. The van der Waals surface area contributed by atoms with Crippen LogP contribution in [0.4, 0.5) is 13.2 Å².